The van der Waals surface area contributed by atoms with Crippen molar-refractivity contribution in [2.24, 2.45) is 27.9 Å². The summed E-state index contributed by atoms with van der Waals surface area (Å²) in [6.45, 7) is 0.420. The lowest BCUT2D eigenvalue weighted by Gasteiger charge is -2.29. The normalized spacial score (nSPS) is 22.9. The van der Waals surface area contributed by atoms with Crippen molar-refractivity contribution < 1.29 is 33.6 Å². The Morgan fingerprint density at radius 2 is 1.16 bits per heavy atom. The Bertz CT molecular complexity index is 1660. The Kier molecular flexibility index (Phi) is 18.6. The fraction of sp³-hybridized carbons (Fsp3) is 0.514. The van der Waals surface area contributed by atoms with Crippen molar-refractivity contribution >= 4 is 59.9 Å². The van der Waals surface area contributed by atoms with Gasteiger partial charge < -0.3 is 59.8 Å². The van der Waals surface area contributed by atoms with Crippen LogP contribution in [0.4, 0.5) is 0 Å². The van der Waals surface area contributed by atoms with Gasteiger partial charge in [-0.1, -0.05) is 30.3 Å². The lowest BCUT2D eigenvalue weighted by molar-refractivity contribution is -0.136. The average Bonchev–Trinajstić information content (AvgIpc) is 3.68. The predicted octanol–water partition coefficient (Wildman–Crippen LogP) is -3.50. The van der Waals surface area contributed by atoms with Crippen molar-refractivity contribution in [1.29, 1.82) is 0 Å². The topological polar surface area (TPSA) is 337 Å². The Balaban J connectivity index is 2.10. The number of amides is 7. The van der Waals surface area contributed by atoms with Crippen molar-refractivity contribution in [3.8, 4) is 0 Å². The molecule has 1 saturated heterocycles. The summed E-state index contributed by atoms with van der Waals surface area (Å²) in [7, 11) is 0. The van der Waals surface area contributed by atoms with Gasteiger partial charge in [0.15, 0.2) is 5.96 Å². The van der Waals surface area contributed by atoms with Crippen LogP contribution in [0.2, 0.25) is 0 Å². The second-order valence-corrected chi connectivity index (χ2v) is 13.6. The number of nitrogens with one attached hydrogen (secondary N) is 7. The number of rotatable bonds is 16. The number of nitrogens with zero attached hydrogens (tertiary/aromatic N) is 2. The number of benzene rings is 1. The Hall–Kier alpha value is -5.70. The number of imidazole rings is 1. The summed E-state index contributed by atoms with van der Waals surface area (Å²) in [4.78, 5) is 106. The number of guanidine groups is 1. The fourth-order valence-electron chi connectivity index (χ4n) is 5.80. The van der Waals surface area contributed by atoms with E-state index >= 15 is 0 Å². The van der Waals surface area contributed by atoms with Crippen LogP contribution >= 0.6 is 12.6 Å². The molecule has 21 heteroatoms. The first-order chi connectivity index (χ1) is 26.8. The Labute approximate surface area is 329 Å². The number of thiol groups is 1. The highest BCUT2D eigenvalue weighted by molar-refractivity contribution is 7.80. The van der Waals surface area contributed by atoms with Gasteiger partial charge in [-0.3, -0.25) is 38.6 Å². The molecular formula is C35H53N13O7S. The molecule has 306 valence electrons. The quantitative estimate of drug-likeness (QED) is 0.0342. The van der Waals surface area contributed by atoms with Gasteiger partial charge in [-0.05, 0) is 50.6 Å². The van der Waals surface area contributed by atoms with Crippen LogP contribution < -0.4 is 54.8 Å². The minimum absolute atomic E-state index is 0.00589. The van der Waals surface area contributed by atoms with Crippen molar-refractivity contribution in [1.82, 2.24) is 41.9 Å². The van der Waals surface area contributed by atoms with E-state index < -0.39 is 77.6 Å². The molecule has 0 aliphatic carbocycles. The first-order valence-corrected chi connectivity index (χ1v) is 18.9. The second-order valence-electron chi connectivity index (χ2n) is 13.3. The maximum absolute atomic E-state index is 14.1. The summed E-state index contributed by atoms with van der Waals surface area (Å²) >= 11 is 4.28. The van der Waals surface area contributed by atoms with E-state index in [2.05, 4.69) is 59.5 Å². The summed E-state index contributed by atoms with van der Waals surface area (Å²) in [5.41, 5.74) is 23.1. The van der Waals surface area contributed by atoms with Crippen LogP contribution in [0.1, 0.15) is 56.2 Å². The van der Waals surface area contributed by atoms with Crippen molar-refractivity contribution in [2.75, 3.05) is 18.8 Å². The maximum Gasteiger partial charge on any atom is 0.244 e. The van der Waals surface area contributed by atoms with Crippen LogP contribution in [-0.4, -0.2) is 112 Å². The molecule has 2 heterocycles. The SMILES string of the molecule is NCCCC[C@@H]1NC(=O)[C@H](CCCN=C(N)N)NC(=O)[C@H](CCC(N)=O)NC(=O)[C@H](Cc2ccccc2)NC(=O)[C@H](Cc2cnc[nH]2)NC(=O)[C@H](CS)NC1=O. The van der Waals surface area contributed by atoms with Gasteiger partial charge in [0.05, 0.1) is 6.33 Å². The van der Waals surface area contributed by atoms with Gasteiger partial charge in [-0.2, -0.15) is 12.6 Å². The standard InChI is InChI=1S/C35H53N13O7S/c36-13-5-4-9-22-30(51)48-27(18-56)34(55)47-26(16-21-17-40-19-42-21)33(54)46-25(15-20-7-2-1-3-8-20)32(53)45-24(11-12-28(37)49)31(52)44-23(29(50)43-22)10-6-14-41-35(38)39/h1-3,7-8,17,19,22-27,56H,4-6,9-16,18,36H2,(H2,37,49)(H,40,42)(H,43,50)(H,44,52)(H,45,53)(H,46,54)(H,47,55)(H,48,51)(H4,38,39,41)/t22-,23-,24-,25-,26-,27-/m0/s1. The highest BCUT2D eigenvalue weighted by atomic mass is 32.1. The molecule has 1 aromatic heterocycles. The number of H-pyrrole nitrogens is 1. The zero-order chi connectivity index (χ0) is 41.0. The van der Waals surface area contributed by atoms with Gasteiger partial charge in [-0.15, -0.1) is 0 Å². The van der Waals surface area contributed by atoms with Gasteiger partial charge >= 0.3 is 0 Å². The molecule has 1 aromatic carbocycles. The van der Waals surface area contributed by atoms with Gasteiger partial charge in [0, 0.05) is 43.5 Å². The van der Waals surface area contributed by atoms with Crippen LogP contribution in [0.5, 0.6) is 0 Å². The smallest absolute Gasteiger partial charge is 0.244 e. The molecule has 3 rings (SSSR count). The monoisotopic (exact) mass is 799 g/mol. The fourth-order valence-corrected chi connectivity index (χ4v) is 6.06. The van der Waals surface area contributed by atoms with Crippen LogP contribution in [0.15, 0.2) is 47.8 Å². The molecule has 1 aliphatic heterocycles. The molecule has 20 nitrogen and oxygen atoms in total. The molecule has 56 heavy (non-hydrogen) atoms. The minimum Gasteiger partial charge on any atom is -0.370 e. The van der Waals surface area contributed by atoms with Crippen LogP contribution in [0.3, 0.4) is 0 Å². The molecule has 0 unspecified atom stereocenters. The van der Waals surface area contributed by atoms with Crippen LogP contribution in [0.25, 0.3) is 0 Å². The zero-order valence-electron chi connectivity index (χ0n) is 31.0. The third-order valence-corrected chi connectivity index (χ3v) is 9.18. The van der Waals surface area contributed by atoms with Gasteiger partial charge in [0.2, 0.25) is 41.4 Å². The van der Waals surface area contributed by atoms with Gasteiger partial charge in [0.1, 0.15) is 36.3 Å². The molecule has 0 spiro atoms. The number of aliphatic imine (C=N–C) groups is 1. The van der Waals surface area contributed by atoms with Crippen molar-refractivity contribution in [3.63, 3.8) is 0 Å². The third kappa shape index (κ3) is 15.2. The zero-order valence-corrected chi connectivity index (χ0v) is 31.9. The van der Waals surface area contributed by atoms with E-state index in [-0.39, 0.29) is 63.2 Å². The first-order valence-electron chi connectivity index (χ1n) is 18.3. The minimum atomic E-state index is -1.41. The summed E-state index contributed by atoms with van der Waals surface area (Å²) in [5.74, 6) is -5.75. The largest absolute Gasteiger partial charge is 0.370 e. The van der Waals surface area contributed by atoms with E-state index in [0.29, 0.717) is 30.6 Å². The highest BCUT2D eigenvalue weighted by Gasteiger charge is 2.35. The lowest BCUT2D eigenvalue weighted by Crippen LogP contribution is -2.62. The van der Waals surface area contributed by atoms with Crippen LogP contribution in [-0.2, 0) is 46.4 Å². The number of primary amides is 1. The summed E-state index contributed by atoms with van der Waals surface area (Å²) in [5, 5.41) is 15.9. The molecule has 0 saturated carbocycles. The summed E-state index contributed by atoms with van der Waals surface area (Å²) in [6, 6.07) is 1.01. The molecule has 2 aromatic rings. The van der Waals surface area contributed by atoms with E-state index in [0.717, 1.165) is 0 Å². The van der Waals surface area contributed by atoms with E-state index in [1.54, 1.807) is 30.3 Å². The number of unbranched alkanes of at least 4 members (excludes halogenated alkanes) is 1. The number of aromatic nitrogens is 2. The average molecular weight is 800 g/mol. The maximum atomic E-state index is 14.1. The Morgan fingerprint density at radius 1 is 0.661 bits per heavy atom. The van der Waals surface area contributed by atoms with Crippen molar-refractivity contribution in [2.45, 2.75) is 94.0 Å². The molecular weight excluding hydrogens is 747 g/mol. The number of carbonyl (C=O) groups excluding carboxylic acids is 7. The molecule has 7 amide bonds. The van der Waals surface area contributed by atoms with E-state index in [1.165, 1.54) is 12.5 Å². The second kappa shape index (κ2) is 23.3. The number of hydrogen-bond donors (Lipinski definition) is 12. The van der Waals surface area contributed by atoms with Gasteiger partial charge in [0.25, 0.3) is 0 Å². The van der Waals surface area contributed by atoms with E-state index in [1.807, 2.05) is 0 Å². The highest BCUT2D eigenvalue weighted by Crippen LogP contribution is 2.10. The first kappa shape index (κ1) is 44.7. The third-order valence-electron chi connectivity index (χ3n) is 8.81. The van der Waals surface area contributed by atoms with E-state index in [4.69, 9.17) is 22.9 Å². The van der Waals surface area contributed by atoms with Gasteiger partial charge in [-0.25, -0.2) is 4.98 Å². The molecule has 1 fully saturated rings. The Morgan fingerprint density at radius 3 is 1.68 bits per heavy atom. The molecule has 6 atom stereocenters. The molecule has 15 N–H and O–H groups in total. The number of carbonyl (C=O) groups is 7. The van der Waals surface area contributed by atoms with Crippen LogP contribution in [0, 0.1) is 0 Å². The number of aromatic amines is 1. The number of hydrogen-bond acceptors (Lipinski definition) is 11. The predicted molar refractivity (Wildman–Crippen MR) is 209 cm³/mol. The molecule has 1 aliphatic rings. The molecule has 0 radical (unpaired) electrons. The van der Waals surface area contributed by atoms with E-state index in [9.17, 15) is 33.6 Å². The van der Waals surface area contributed by atoms with Crippen molar-refractivity contribution in [3.05, 3.63) is 54.1 Å². The lowest BCUT2D eigenvalue weighted by atomic mass is 10.0. The summed E-state index contributed by atoms with van der Waals surface area (Å²) in [6.07, 6.45) is 3.43. The summed E-state index contributed by atoms with van der Waals surface area (Å²) < 4.78 is 0. The number of nitrogens with two attached hydrogens (primary N) is 4. The molecule has 0 bridgehead atoms.